The zero-order chi connectivity index (χ0) is 4.12. The van der Waals surface area contributed by atoms with E-state index in [1.807, 2.05) is 6.26 Å². The molecule has 0 fully saturated rings. The maximum absolute atomic E-state index is 3.03. The fourth-order valence-electron chi connectivity index (χ4n) is 0.144. The summed E-state index contributed by atoms with van der Waals surface area (Å²) in [4.78, 5) is 0. The third-order valence-corrected chi connectivity index (χ3v) is 0.866. The van der Waals surface area contributed by atoms with Crippen LogP contribution in [0.25, 0.3) is 0 Å². The van der Waals surface area contributed by atoms with Gasteiger partial charge in [0.05, 0.1) is 0 Å². The minimum atomic E-state index is 1.06. The van der Waals surface area contributed by atoms with Gasteiger partial charge in [-0.3, -0.25) is 0 Å². The summed E-state index contributed by atoms with van der Waals surface area (Å²) < 4.78 is 0. The first kappa shape index (κ1) is 5.35. The lowest BCUT2D eigenvalue weighted by atomic mass is 10.6. The van der Waals surface area contributed by atoms with Gasteiger partial charge in [-0.1, -0.05) is 6.92 Å². The molecule has 0 bridgehead atoms. The second-order valence-corrected chi connectivity index (χ2v) is 1.40. The van der Waals surface area contributed by atoms with Crippen molar-refractivity contribution in [2.24, 2.45) is 0 Å². The van der Waals surface area contributed by atoms with E-state index in [-0.39, 0.29) is 0 Å². The zero-order valence-corrected chi connectivity index (χ0v) is 4.43. The molecule has 1 heteroatoms. The lowest BCUT2D eigenvalue weighted by Crippen LogP contribution is -1.54. The second kappa shape index (κ2) is 4.35. The molecule has 0 aliphatic rings. The molecular formula is C4H8S. The molecule has 0 aromatic heterocycles. The molecular weight excluding hydrogens is 80.1 g/mol. The van der Waals surface area contributed by atoms with Crippen molar-refractivity contribution in [3.8, 4) is 0 Å². The van der Waals surface area contributed by atoms with Gasteiger partial charge in [0, 0.05) is 5.75 Å². The van der Waals surface area contributed by atoms with Crippen LogP contribution in [0.15, 0.2) is 0 Å². The summed E-state index contributed by atoms with van der Waals surface area (Å²) in [6.07, 6.45) is 3.07. The molecule has 0 N–H and O–H groups in total. The van der Waals surface area contributed by atoms with Crippen molar-refractivity contribution in [3.05, 3.63) is 5.75 Å². The maximum Gasteiger partial charge on any atom is 0.0475 e. The van der Waals surface area contributed by atoms with Gasteiger partial charge in [0.25, 0.3) is 0 Å². The zero-order valence-electron chi connectivity index (χ0n) is 3.62. The van der Waals surface area contributed by atoms with Crippen LogP contribution in [0.4, 0.5) is 0 Å². The normalized spacial score (nSPS) is 8.40. The Morgan fingerprint density at radius 2 is 2.40 bits per heavy atom. The van der Waals surface area contributed by atoms with Crippen molar-refractivity contribution in [1.29, 1.82) is 0 Å². The summed E-state index contributed by atoms with van der Waals surface area (Å²) in [7, 11) is 0. The molecule has 5 heavy (non-hydrogen) atoms. The lowest BCUT2D eigenvalue weighted by Gasteiger charge is -1.77. The maximum atomic E-state index is 3.03. The number of hydrogen-bond donors (Lipinski definition) is 0. The molecule has 0 unspecified atom stereocenters. The minimum absolute atomic E-state index is 1.06. The van der Waals surface area contributed by atoms with Crippen LogP contribution in [0.1, 0.15) is 13.3 Å². The van der Waals surface area contributed by atoms with E-state index >= 15 is 0 Å². The van der Waals surface area contributed by atoms with Gasteiger partial charge in [-0.15, -0.1) is 0 Å². The summed E-state index contributed by atoms with van der Waals surface area (Å²) in [6.45, 7) is 2.08. The largest absolute Gasteiger partial charge is 0.156 e. The predicted molar refractivity (Wildman–Crippen MR) is 27.0 cm³/mol. The summed E-state index contributed by atoms with van der Waals surface area (Å²) in [5.74, 6) is 3.03. The van der Waals surface area contributed by atoms with Crippen molar-refractivity contribution in [1.82, 2.24) is 0 Å². The first-order valence-electron chi connectivity index (χ1n) is 1.67. The number of thioether (sulfide) groups is 1. The highest BCUT2D eigenvalue weighted by atomic mass is 32.2. The van der Waals surface area contributed by atoms with Gasteiger partial charge >= 0.3 is 0 Å². The van der Waals surface area contributed by atoms with Crippen molar-refractivity contribution in [2.45, 2.75) is 13.3 Å². The Balaban J connectivity index is 2.19. The van der Waals surface area contributed by atoms with Gasteiger partial charge in [-0.05, 0) is 12.7 Å². The second-order valence-electron chi connectivity index (χ2n) is 0.702. The van der Waals surface area contributed by atoms with Gasteiger partial charge in [0.1, 0.15) is 0 Å². The fourth-order valence-corrected chi connectivity index (χ4v) is 0.433. The van der Waals surface area contributed by atoms with Gasteiger partial charge < -0.3 is 0 Å². The molecule has 0 amide bonds. The first-order chi connectivity index (χ1) is 2.41. The van der Waals surface area contributed by atoms with Crippen molar-refractivity contribution in [3.63, 3.8) is 0 Å². The Kier molecular flexibility index (Phi) is 4.65. The molecule has 0 aliphatic heterocycles. The van der Waals surface area contributed by atoms with Crippen LogP contribution < -0.4 is 0 Å². The van der Waals surface area contributed by atoms with E-state index in [4.69, 9.17) is 0 Å². The topological polar surface area (TPSA) is 0 Å². The van der Waals surface area contributed by atoms with E-state index in [1.54, 1.807) is 11.8 Å². The molecule has 0 rings (SSSR count). The Labute approximate surface area is 38.0 Å². The van der Waals surface area contributed by atoms with Crippen molar-refractivity contribution in [2.75, 3.05) is 6.26 Å². The van der Waals surface area contributed by atoms with Crippen LogP contribution in [0.5, 0.6) is 0 Å². The molecule has 0 aliphatic carbocycles. The molecule has 0 saturated carbocycles. The van der Waals surface area contributed by atoms with Crippen molar-refractivity contribution < 1.29 is 0 Å². The molecule has 0 nitrogen and oxygen atoms in total. The highest BCUT2D eigenvalue weighted by Crippen LogP contribution is 1.99. The van der Waals surface area contributed by atoms with Crippen LogP contribution in [0.3, 0.4) is 0 Å². The molecule has 0 heterocycles. The summed E-state index contributed by atoms with van der Waals surface area (Å²) in [6, 6.07) is 0. The molecule has 0 aromatic rings. The Morgan fingerprint density at radius 3 is 2.40 bits per heavy atom. The molecule has 2 radical (unpaired) electrons. The van der Waals surface area contributed by atoms with E-state index in [0.29, 0.717) is 0 Å². The number of hydrogen-bond acceptors (Lipinski definition) is 1. The van der Waals surface area contributed by atoms with E-state index < -0.39 is 0 Å². The van der Waals surface area contributed by atoms with Gasteiger partial charge in [-0.25, -0.2) is 0 Å². The third-order valence-electron chi connectivity index (χ3n) is 0.289. The van der Waals surface area contributed by atoms with E-state index in [1.165, 1.54) is 0 Å². The van der Waals surface area contributed by atoms with Crippen LogP contribution >= 0.6 is 11.8 Å². The molecule has 0 saturated heterocycles. The first-order valence-corrected chi connectivity index (χ1v) is 2.90. The Morgan fingerprint density at radius 1 is 1.80 bits per heavy atom. The summed E-state index contributed by atoms with van der Waals surface area (Å²) in [5.41, 5.74) is 0. The summed E-state index contributed by atoms with van der Waals surface area (Å²) in [5, 5.41) is 0. The molecule has 0 spiro atoms. The van der Waals surface area contributed by atoms with Gasteiger partial charge in [0.15, 0.2) is 0 Å². The lowest BCUT2D eigenvalue weighted by molar-refractivity contribution is 1.20. The molecule has 0 aromatic carbocycles. The van der Waals surface area contributed by atoms with Crippen LogP contribution in [-0.4, -0.2) is 6.26 Å². The van der Waals surface area contributed by atoms with E-state index in [0.717, 1.165) is 6.42 Å². The highest BCUT2D eigenvalue weighted by Gasteiger charge is 1.70. The number of rotatable bonds is 2. The highest BCUT2D eigenvalue weighted by molar-refractivity contribution is 8.00. The fraction of sp³-hybridized carbons (Fsp3) is 0.750. The third kappa shape index (κ3) is 4.35. The molecule has 30 valence electrons. The smallest absolute Gasteiger partial charge is 0.0475 e. The van der Waals surface area contributed by atoms with Gasteiger partial charge in [0.2, 0.25) is 0 Å². The average Bonchev–Trinajstić information content (AvgIpc) is 1.41. The van der Waals surface area contributed by atoms with Crippen LogP contribution in [-0.2, 0) is 0 Å². The van der Waals surface area contributed by atoms with Crippen LogP contribution in [0.2, 0.25) is 0 Å². The van der Waals surface area contributed by atoms with E-state index in [9.17, 15) is 0 Å². The monoisotopic (exact) mass is 88.0 g/mol. The average molecular weight is 88.2 g/mol. The Hall–Kier alpha value is 0.350. The predicted octanol–water partition coefficient (Wildman–Crippen LogP) is 1.80. The quantitative estimate of drug-likeness (QED) is 0.496. The van der Waals surface area contributed by atoms with Crippen molar-refractivity contribution >= 4 is 11.8 Å². The standard InChI is InChI=1S/C4H8S/c1-3-4-5-2/h3H2,1-2H3. The minimum Gasteiger partial charge on any atom is -0.156 e. The molecule has 0 atom stereocenters. The summed E-state index contributed by atoms with van der Waals surface area (Å²) >= 11 is 1.65. The van der Waals surface area contributed by atoms with E-state index in [2.05, 4.69) is 12.7 Å². The SMILES string of the molecule is CC[C]SC. The van der Waals surface area contributed by atoms with Gasteiger partial charge in [-0.2, -0.15) is 11.8 Å². The van der Waals surface area contributed by atoms with Crippen LogP contribution in [0, 0.1) is 5.75 Å². The Bertz CT molecular complexity index is 11.1.